The number of ether oxygens (including phenoxy) is 1. The molecule has 4 nitrogen and oxygen atoms in total. The number of nitriles is 1. The first-order valence-electron chi connectivity index (χ1n) is 5.56. The van der Waals surface area contributed by atoms with Crippen molar-refractivity contribution < 1.29 is 4.74 Å². The molecule has 1 aromatic rings. The van der Waals surface area contributed by atoms with Gasteiger partial charge in [-0.2, -0.15) is 5.26 Å². The van der Waals surface area contributed by atoms with Crippen LogP contribution in [0.5, 0.6) is 0 Å². The fourth-order valence-electron chi connectivity index (χ4n) is 1.83. The van der Waals surface area contributed by atoms with Gasteiger partial charge in [-0.3, -0.25) is 0 Å². The molecule has 1 aromatic heterocycles. The van der Waals surface area contributed by atoms with E-state index in [4.69, 9.17) is 10.00 Å². The first-order chi connectivity index (χ1) is 7.88. The van der Waals surface area contributed by atoms with Crippen molar-refractivity contribution in [2.45, 2.75) is 19.3 Å². The van der Waals surface area contributed by atoms with Gasteiger partial charge in [0.25, 0.3) is 0 Å². The molecule has 0 unspecified atom stereocenters. The molecule has 1 aliphatic heterocycles. The molecule has 2 rings (SSSR count). The van der Waals surface area contributed by atoms with Crippen molar-refractivity contribution >= 4 is 16.5 Å². The predicted molar refractivity (Wildman–Crippen MR) is 63.5 cm³/mol. The molecule has 1 aliphatic rings. The number of aromatic nitrogens is 1. The molecule has 1 saturated heterocycles. The van der Waals surface area contributed by atoms with Gasteiger partial charge in [-0.05, 0) is 25.2 Å². The monoisotopic (exact) mass is 237 g/mol. The molecule has 0 aromatic carbocycles. The molecule has 0 atom stereocenters. The Morgan fingerprint density at radius 1 is 1.56 bits per heavy atom. The largest absolute Gasteiger partial charge is 0.381 e. The highest BCUT2D eigenvalue weighted by Gasteiger charge is 2.13. The highest BCUT2D eigenvalue weighted by atomic mass is 32.1. The van der Waals surface area contributed by atoms with E-state index in [1.807, 2.05) is 0 Å². The summed E-state index contributed by atoms with van der Waals surface area (Å²) in [6.45, 7) is 2.74. The molecular formula is C11H15N3OS. The summed E-state index contributed by atoms with van der Waals surface area (Å²) >= 11 is 1.41. The second-order valence-corrected chi connectivity index (χ2v) is 4.94. The molecule has 1 fully saturated rings. The van der Waals surface area contributed by atoms with Gasteiger partial charge >= 0.3 is 0 Å². The van der Waals surface area contributed by atoms with Crippen molar-refractivity contribution in [3.63, 3.8) is 0 Å². The minimum Gasteiger partial charge on any atom is -0.381 e. The average Bonchev–Trinajstić information content (AvgIpc) is 2.78. The van der Waals surface area contributed by atoms with Crippen LogP contribution in [0.2, 0.25) is 0 Å². The maximum Gasteiger partial charge on any atom is 0.183 e. The van der Waals surface area contributed by atoms with Crippen LogP contribution in [0.4, 0.5) is 5.13 Å². The predicted octanol–water partition coefficient (Wildman–Crippen LogP) is 2.24. The number of anilines is 1. The molecule has 0 amide bonds. The van der Waals surface area contributed by atoms with E-state index < -0.39 is 0 Å². The molecular weight excluding hydrogens is 222 g/mol. The number of nitrogens with one attached hydrogen (secondary N) is 1. The van der Waals surface area contributed by atoms with Crippen LogP contribution in [0.15, 0.2) is 6.20 Å². The summed E-state index contributed by atoms with van der Waals surface area (Å²) in [6, 6.07) is 2.09. The fourth-order valence-corrected chi connectivity index (χ4v) is 2.46. The van der Waals surface area contributed by atoms with Crippen molar-refractivity contribution in [3.8, 4) is 6.07 Å². The minimum absolute atomic E-state index is 0.661. The molecule has 5 heteroatoms. The summed E-state index contributed by atoms with van der Waals surface area (Å²) < 4.78 is 5.32. The van der Waals surface area contributed by atoms with Crippen LogP contribution in [0.1, 0.15) is 24.1 Å². The van der Waals surface area contributed by atoms with Crippen LogP contribution in [0, 0.1) is 17.2 Å². The number of nitrogens with zero attached hydrogens (tertiary/aromatic N) is 2. The molecule has 1 N–H and O–H groups in total. The highest BCUT2D eigenvalue weighted by molar-refractivity contribution is 7.16. The molecule has 16 heavy (non-hydrogen) atoms. The van der Waals surface area contributed by atoms with Crippen LogP contribution in [-0.2, 0) is 4.74 Å². The number of rotatable bonds is 4. The van der Waals surface area contributed by atoms with Crippen molar-refractivity contribution in [2.75, 3.05) is 25.1 Å². The SMILES string of the molecule is N#Cc1cnc(NCCC2CCOCC2)s1. The van der Waals surface area contributed by atoms with Crippen LogP contribution >= 0.6 is 11.3 Å². The van der Waals surface area contributed by atoms with Crippen molar-refractivity contribution in [1.82, 2.24) is 4.98 Å². The fraction of sp³-hybridized carbons (Fsp3) is 0.636. The normalized spacial score (nSPS) is 16.9. The Bertz CT molecular complexity index is 366. The van der Waals surface area contributed by atoms with E-state index in [1.165, 1.54) is 24.2 Å². The van der Waals surface area contributed by atoms with Gasteiger partial charge in [0, 0.05) is 19.8 Å². The topological polar surface area (TPSA) is 57.9 Å². The van der Waals surface area contributed by atoms with Gasteiger partial charge in [-0.15, -0.1) is 0 Å². The summed E-state index contributed by atoms with van der Waals surface area (Å²) in [7, 11) is 0. The molecule has 0 bridgehead atoms. The Hall–Kier alpha value is -1.12. The zero-order valence-corrected chi connectivity index (χ0v) is 9.92. The zero-order chi connectivity index (χ0) is 11.2. The Kier molecular flexibility index (Phi) is 4.14. The van der Waals surface area contributed by atoms with Gasteiger partial charge in [0.1, 0.15) is 10.9 Å². The molecule has 0 saturated carbocycles. The van der Waals surface area contributed by atoms with Gasteiger partial charge in [0.15, 0.2) is 5.13 Å². The summed E-state index contributed by atoms with van der Waals surface area (Å²) in [5.74, 6) is 0.775. The van der Waals surface area contributed by atoms with E-state index in [-0.39, 0.29) is 0 Å². The third-order valence-corrected chi connectivity index (χ3v) is 3.65. The number of hydrogen-bond donors (Lipinski definition) is 1. The number of hydrogen-bond acceptors (Lipinski definition) is 5. The van der Waals surface area contributed by atoms with Crippen LogP contribution in [0.3, 0.4) is 0 Å². The maximum atomic E-state index is 8.66. The minimum atomic E-state index is 0.661. The highest BCUT2D eigenvalue weighted by Crippen LogP contribution is 2.20. The maximum absolute atomic E-state index is 8.66. The van der Waals surface area contributed by atoms with E-state index >= 15 is 0 Å². The van der Waals surface area contributed by atoms with Gasteiger partial charge in [-0.1, -0.05) is 11.3 Å². The van der Waals surface area contributed by atoms with E-state index in [9.17, 15) is 0 Å². The lowest BCUT2D eigenvalue weighted by Crippen LogP contribution is -2.18. The lowest BCUT2D eigenvalue weighted by molar-refractivity contribution is 0.0649. The van der Waals surface area contributed by atoms with Gasteiger partial charge < -0.3 is 10.1 Å². The molecule has 0 aliphatic carbocycles. The molecule has 0 radical (unpaired) electrons. The van der Waals surface area contributed by atoms with Gasteiger partial charge in [-0.25, -0.2) is 4.98 Å². The summed E-state index contributed by atoms with van der Waals surface area (Å²) in [5, 5.41) is 12.8. The van der Waals surface area contributed by atoms with E-state index in [0.29, 0.717) is 4.88 Å². The average molecular weight is 237 g/mol. The van der Waals surface area contributed by atoms with Crippen molar-refractivity contribution in [1.29, 1.82) is 5.26 Å². The first-order valence-corrected chi connectivity index (χ1v) is 6.37. The first kappa shape index (κ1) is 11.4. The lowest BCUT2D eigenvalue weighted by Gasteiger charge is -2.21. The van der Waals surface area contributed by atoms with Crippen LogP contribution in [-0.4, -0.2) is 24.7 Å². The third-order valence-electron chi connectivity index (χ3n) is 2.79. The smallest absolute Gasteiger partial charge is 0.183 e. The molecule has 0 spiro atoms. The zero-order valence-electron chi connectivity index (χ0n) is 9.11. The Morgan fingerprint density at radius 3 is 3.06 bits per heavy atom. The van der Waals surface area contributed by atoms with Gasteiger partial charge in [0.05, 0.1) is 6.20 Å². The molecule has 86 valence electrons. The van der Waals surface area contributed by atoms with Crippen molar-refractivity contribution in [2.24, 2.45) is 5.92 Å². The van der Waals surface area contributed by atoms with Gasteiger partial charge in [0.2, 0.25) is 0 Å². The summed E-state index contributed by atoms with van der Waals surface area (Å²) in [5.41, 5.74) is 0. The van der Waals surface area contributed by atoms with E-state index in [2.05, 4.69) is 16.4 Å². The van der Waals surface area contributed by atoms with Crippen molar-refractivity contribution in [3.05, 3.63) is 11.1 Å². The van der Waals surface area contributed by atoms with Crippen LogP contribution < -0.4 is 5.32 Å². The third kappa shape index (κ3) is 3.19. The van der Waals surface area contributed by atoms with E-state index in [0.717, 1.165) is 37.2 Å². The molecule has 2 heterocycles. The quantitative estimate of drug-likeness (QED) is 0.872. The number of thiazole rings is 1. The van der Waals surface area contributed by atoms with E-state index in [1.54, 1.807) is 6.20 Å². The van der Waals surface area contributed by atoms with Crippen LogP contribution in [0.25, 0.3) is 0 Å². The second-order valence-electron chi connectivity index (χ2n) is 3.91. The Balaban J connectivity index is 1.69. The lowest BCUT2D eigenvalue weighted by atomic mass is 9.97. The second kappa shape index (κ2) is 5.83. The Labute approximate surface area is 99.3 Å². The Morgan fingerprint density at radius 2 is 2.38 bits per heavy atom. The standard InChI is InChI=1S/C11H15N3OS/c12-7-10-8-14-11(16-10)13-4-1-9-2-5-15-6-3-9/h8-9H,1-6H2,(H,13,14). The summed E-state index contributed by atoms with van der Waals surface area (Å²) in [4.78, 5) is 4.79. The summed E-state index contributed by atoms with van der Waals surface area (Å²) in [6.07, 6.45) is 5.11.